The van der Waals surface area contributed by atoms with Crippen molar-refractivity contribution in [3.8, 4) is 0 Å². The topological polar surface area (TPSA) is 55.0 Å². The number of nitrogens with zero attached hydrogens (tertiary/aromatic N) is 3. The Bertz CT molecular complexity index is 415. The Hall–Kier alpha value is -0.910. The molecule has 0 saturated carbocycles. The van der Waals surface area contributed by atoms with Gasteiger partial charge in [-0.1, -0.05) is 12.1 Å². The van der Waals surface area contributed by atoms with Gasteiger partial charge < -0.3 is 5.73 Å². The molecule has 0 radical (unpaired) electrons. The second kappa shape index (κ2) is 12.8. The summed E-state index contributed by atoms with van der Waals surface area (Å²) in [4.78, 5) is 10.9. The average Bonchev–Trinajstić information content (AvgIpc) is 2.41. The molecule has 4 nitrogen and oxygen atoms in total. The molecule has 2 heterocycles. The molecule has 118 valence electrons. The standard InChI is InChI=1S/C14H18N4.3ClH/c15-7-10-18(11-13-5-1-3-8-16-13)12-14-6-2-4-9-17-14;;;/h1-6,8-9H,7,10-12,15H2;3*1H. The molecule has 0 aliphatic heterocycles. The van der Waals surface area contributed by atoms with Gasteiger partial charge in [0.05, 0.1) is 11.4 Å². The van der Waals surface area contributed by atoms with E-state index < -0.39 is 0 Å². The predicted molar refractivity (Wildman–Crippen MR) is 93.4 cm³/mol. The van der Waals surface area contributed by atoms with E-state index in [4.69, 9.17) is 5.73 Å². The van der Waals surface area contributed by atoms with Crippen molar-refractivity contribution in [2.45, 2.75) is 13.1 Å². The van der Waals surface area contributed by atoms with Crippen LogP contribution in [0.1, 0.15) is 11.4 Å². The van der Waals surface area contributed by atoms with E-state index in [1.165, 1.54) is 0 Å². The predicted octanol–water partition coefficient (Wildman–Crippen LogP) is 2.70. The van der Waals surface area contributed by atoms with Gasteiger partial charge in [-0.15, -0.1) is 37.2 Å². The van der Waals surface area contributed by atoms with Crippen LogP contribution in [0.25, 0.3) is 0 Å². The molecule has 0 aliphatic carbocycles. The molecule has 2 aromatic rings. The van der Waals surface area contributed by atoms with Crippen molar-refractivity contribution >= 4 is 37.2 Å². The van der Waals surface area contributed by atoms with Crippen molar-refractivity contribution < 1.29 is 0 Å². The lowest BCUT2D eigenvalue weighted by atomic mass is 10.3. The highest BCUT2D eigenvalue weighted by molar-refractivity contribution is 5.86. The maximum Gasteiger partial charge on any atom is 0.0544 e. The molecule has 0 bridgehead atoms. The fourth-order valence-corrected chi connectivity index (χ4v) is 1.84. The van der Waals surface area contributed by atoms with E-state index >= 15 is 0 Å². The van der Waals surface area contributed by atoms with Crippen molar-refractivity contribution in [2.75, 3.05) is 13.1 Å². The monoisotopic (exact) mass is 350 g/mol. The summed E-state index contributed by atoms with van der Waals surface area (Å²) in [5, 5.41) is 0. The number of pyridine rings is 2. The quantitative estimate of drug-likeness (QED) is 0.869. The van der Waals surface area contributed by atoms with Gasteiger partial charge in [0.1, 0.15) is 0 Å². The summed E-state index contributed by atoms with van der Waals surface area (Å²) in [5.74, 6) is 0. The molecule has 0 aliphatic rings. The van der Waals surface area contributed by atoms with Crippen molar-refractivity contribution in [3.05, 3.63) is 60.2 Å². The third kappa shape index (κ3) is 8.19. The molecule has 0 amide bonds. The molecule has 21 heavy (non-hydrogen) atoms. The third-order valence-electron chi connectivity index (χ3n) is 2.67. The zero-order valence-electron chi connectivity index (χ0n) is 11.6. The maximum atomic E-state index is 5.65. The van der Waals surface area contributed by atoms with Crippen LogP contribution in [0.3, 0.4) is 0 Å². The summed E-state index contributed by atoms with van der Waals surface area (Å²) < 4.78 is 0. The summed E-state index contributed by atoms with van der Waals surface area (Å²) >= 11 is 0. The summed E-state index contributed by atoms with van der Waals surface area (Å²) in [6, 6.07) is 11.9. The number of nitrogens with two attached hydrogens (primary N) is 1. The van der Waals surface area contributed by atoms with E-state index in [-0.39, 0.29) is 37.2 Å². The molecule has 0 spiro atoms. The second-order valence-corrected chi connectivity index (χ2v) is 4.14. The number of hydrogen-bond donors (Lipinski definition) is 1. The minimum absolute atomic E-state index is 0. The maximum absolute atomic E-state index is 5.65. The summed E-state index contributed by atoms with van der Waals surface area (Å²) in [7, 11) is 0. The fourth-order valence-electron chi connectivity index (χ4n) is 1.84. The van der Waals surface area contributed by atoms with E-state index in [2.05, 4.69) is 14.9 Å². The van der Waals surface area contributed by atoms with Crippen LogP contribution in [0, 0.1) is 0 Å². The highest BCUT2D eigenvalue weighted by Crippen LogP contribution is 2.05. The molecular weight excluding hydrogens is 331 g/mol. The number of hydrogen-bond acceptors (Lipinski definition) is 4. The SMILES string of the molecule is Cl.Cl.Cl.NCCN(Cc1ccccn1)Cc1ccccn1. The van der Waals surface area contributed by atoms with E-state index in [1.807, 2.05) is 48.8 Å². The largest absolute Gasteiger partial charge is 0.329 e. The molecule has 2 rings (SSSR count). The molecule has 0 aromatic carbocycles. The van der Waals surface area contributed by atoms with Crippen molar-refractivity contribution in [3.63, 3.8) is 0 Å². The van der Waals surface area contributed by atoms with Gasteiger partial charge in [-0.25, -0.2) is 0 Å². The summed E-state index contributed by atoms with van der Waals surface area (Å²) in [5.41, 5.74) is 7.77. The van der Waals surface area contributed by atoms with Crippen molar-refractivity contribution in [1.82, 2.24) is 14.9 Å². The van der Waals surface area contributed by atoms with Gasteiger partial charge in [0.25, 0.3) is 0 Å². The zero-order valence-corrected chi connectivity index (χ0v) is 14.0. The van der Waals surface area contributed by atoms with E-state index in [0.29, 0.717) is 6.54 Å². The van der Waals surface area contributed by atoms with E-state index in [1.54, 1.807) is 0 Å². The van der Waals surface area contributed by atoms with Gasteiger partial charge in [-0.3, -0.25) is 14.9 Å². The molecular formula is C14H21Cl3N4. The summed E-state index contributed by atoms with van der Waals surface area (Å²) in [6.45, 7) is 3.08. The molecule has 0 fully saturated rings. The normalized spacial score (nSPS) is 9.24. The average molecular weight is 352 g/mol. The minimum atomic E-state index is 0. The van der Waals surface area contributed by atoms with Crippen LogP contribution in [0.2, 0.25) is 0 Å². The van der Waals surface area contributed by atoms with Gasteiger partial charge >= 0.3 is 0 Å². The second-order valence-electron chi connectivity index (χ2n) is 4.14. The summed E-state index contributed by atoms with van der Waals surface area (Å²) in [6.07, 6.45) is 3.63. The van der Waals surface area contributed by atoms with Crippen LogP contribution in [0.15, 0.2) is 48.8 Å². The van der Waals surface area contributed by atoms with Crippen LogP contribution in [0.4, 0.5) is 0 Å². The Labute approximate surface area is 144 Å². The first-order valence-electron chi connectivity index (χ1n) is 6.11. The molecule has 7 heteroatoms. The molecule has 2 aromatic heterocycles. The van der Waals surface area contributed by atoms with Crippen LogP contribution in [-0.2, 0) is 13.1 Å². The highest BCUT2D eigenvalue weighted by Gasteiger charge is 2.07. The number of rotatable bonds is 6. The van der Waals surface area contributed by atoms with Gasteiger partial charge in [-0.2, -0.15) is 0 Å². The first kappa shape index (κ1) is 22.4. The van der Waals surface area contributed by atoms with E-state index in [9.17, 15) is 0 Å². The Balaban J connectivity index is 0. The Kier molecular flexibility index (Phi) is 13.6. The zero-order chi connectivity index (χ0) is 12.6. The van der Waals surface area contributed by atoms with Crippen LogP contribution in [0.5, 0.6) is 0 Å². The fraction of sp³-hybridized carbons (Fsp3) is 0.286. The Morgan fingerprint density at radius 1 is 0.810 bits per heavy atom. The van der Waals surface area contributed by atoms with Gasteiger partial charge in [0.2, 0.25) is 0 Å². The van der Waals surface area contributed by atoms with Crippen LogP contribution >= 0.6 is 37.2 Å². The lowest BCUT2D eigenvalue weighted by Gasteiger charge is -2.20. The first-order chi connectivity index (χ1) is 8.88. The lowest BCUT2D eigenvalue weighted by molar-refractivity contribution is 0.258. The molecule has 0 atom stereocenters. The first-order valence-corrected chi connectivity index (χ1v) is 6.11. The minimum Gasteiger partial charge on any atom is -0.329 e. The number of aromatic nitrogens is 2. The highest BCUT2D eigenvalue weighted by atomic mass is 35.5. The van der Waals surface area contributed by atoms with Crippen LogP contribution < -0.4 is 5.73 Å². The van der Waals surface area contributed by atoms with Crippen molar-refractivity contribution in [2.24, 2.45) is 5.73 Å². The van der Waals surface area contributed by atoms with Crippen LogP contribution in [-0.4, -0.2) is 28.0 Å². The smallest absolute Gasteiger partial charge is 0.0544 e. The molecule has 2 N–H and O–H groups in total. The Morgan fingerprint density at radius 3 is 1.62 bits per heavy atom. The lowest BCUT2D eigenvalue weighted by Crippen LogP contribution is -2.29. The van der Waals surface area contributed by atoms with E-state index in [0.717, 1.165) is 31.0 Å². The van der Waals surface area contributed by atoms with Gasteiger partial charge in [0, 0.05) is 38.6 Å². The Morgan fingerprint density at radius 2 is 1.29 bits per heavy atom. The molecule has 0 saturated heterocycles. The third-order valence-corrected chi connectivity index (χ3v) is 2.67. The van der Waals surface area contributed by atoms with Crippen molar-refractivity contribution in [1.29, 1.82) is 0 Å². The number of halogens is 3. The van der Waals surface area contributed by atoms with Gasteiger partial charge in [-0.05, 0) is 24.3 Å². The van der Waals surface area contributed by atoms with Gasteiger partial charge in [0.15, 0.2) is 0 Å². The molecule has 0 unspecified atom stereocenters.